The lowest BCUT2D eigenvalue weighted by Crippen LogP contribution is -2.41. The van der Waals surface area contributed by atoms with E-state index in [9.17, 15) is 5.26 Å². The molecule has 2 unspecified atom stereocenters. The first-order chi connectivity index (χ1) is 8.68. The van der Waals surface area contributed by atoms with E-state index >= 15 is 0 Å². The van der Waals surface area contributed by atoms with Gasteiger partial charge in [-0.2, -0.15) is 5.26 Å². The molecule has 0 bridgehead atoms. The Morgan fingerprint density at radius 1 is 1.56 bits per heavy atom. The molecule has 18 heavy (non-hydrogen) atoms. The van der Waals surface area contributed by atoms with Crippen LogP contribution in [0.2, 0.25) is 0 Å². The van der Waals surface area contributed by atoms with E-state index in [1.807, 2.05) is 31.2 Å². The summed E-state index contributed by atoms with van der Waals surface area (Å²) in [4.78, 5) is 0. The predicted molar refractivity (Wildman–Crippen MR) is 69.6 cm³/mol. The minimum Gasteiger partial charge on any atom is -0.497 e. The highest BCUT2D eigenvalue weighted by Crippen LogP contribution is 2.30. The molecule has 2 rings (SSSR count). The highest BCUT2D eigenvalue weighted by Gasteiger charge is 2.37. The lowest BCUT2D eigenvalue weighted by Gasteiger charge is -2.29. The Kier molecular flexibility index (Phi) is 3.73. The van der Waals surface area contributed by atoms with Gasteiger partial charge in [0.2, 0.25) is 0 Å². The first kappa shape index (κ1) is 12.7. The number of ether oxygens (including phenoxy) is 2. The Morgan fingerprint density at radius 2 is 2.39 bits per heavy atom. The number of hydrogen-bond donors (Lipinski definition) is 1. The van der Waals surface area contributed by atoms with Gasteiger partial charge in [0.15, 0.2) is 0 Å². The molecule has 1 fully saturated rings. The van der Waals surface area contributed by atoms with Crippen LogP contribution in [0.25, 0.3) is 0 Å². The van der Waals surface area contributed by atoms with Crippen molar-refractivity contribution >= 4 is 5.69 Å². The molecule has 0 radical (unpaired) electrons. The van der Waals surface area contributed by atoms with E-state index in [0.29, 0.717) is 6.61 Å². The zero-order valence-electron chi connectivity index (χ0n) is 10.8. The maximum atomic E-state index is 9.43. The molecule has 1 aliphatic heterocycles. The fraction of sp³-hybridized carbons (Fsp3) is 0.500. The molecular formula is C14H18N2O2. The quantitative estimate of drug-likeness (QED) is 0.886. The number of rotatable bonds is 4. The van der Waals surface area contributed by atoms with Gasteiger partial charge in [-0.05, 0) is 25.5 Å². The molecule has 96 valence electrons. The van der Waals surface area contributed by atoms with Gasteiger partial charge in [0.1, 0.15) is 11.3 Å². The number of nitrogens with one attached hydrogen (secondary N) is 1. The molecule has 0 spiro atoms. The summed E-state index contributed by atoms with van der Waals surface area (Å²) >= 11 is 0. The van der Waals surface area contributed by atoms with Gasteiger partial charge in [-0.3, -0.25) is 0 Å². The number of benzene rings is 1. The molecule has 4 heteroatoms. The van der Waals surface area contributed by atoms with E-state index < -0.39 is 5.54 Å². The van der Waals surface area contributed by atoms with E-state index in [1.54, 1.807) is 7.11 Å². The first-order valence-electron chi connectivity index (χ1n) is 6.09. The van der Waals surface area contributed by atoms with Crippen LogP contribution in [0, 0.1) is 17.2 Å². The second-order valence-electron chi connectivity index (χ2n) is 4.73. The van der Waals surface area contributed by atoms with Crippen molar-refractivity contribution in [2.75, 3.05) is 25.6 Å². The molecule has 0 amide bonds. The summed E-state index contributed by atoms with van der Waals surface area (Å²) in [5.41, 5.74) is 0.286. The Morgan fingerprint density at radius 3 is 3.00 bits per heavy atom. The minimum atomic E-state index is -0.608. The highest BCUT2D eigenvalue weighted by atomic mass is 16.5. The van der Waals surface area contributed by atoms with Crippen LogP contribution in [0.5, 0.6) is 5.75 Å². The lowest BCUT2D eigenvalue weighted by molar-refractivity contribution is 0.178. The highest BCUT2D eigenvalue weighted by molar-refractivity contribution is 5.51. The summed E-state index contributed by atoms with van der Waals surface area (Å²) < 4.78 is 10.6. The van der Waals surface area contributed by atoms with E-state index in [1.165, 1.54) is 0 Å². The lowest BCUT2D eigenvalue weighted by atomic mass is 9.86. The number of methoxy groups -OCH3 is 1. The van der Waals surface area contributed by atoms with Crippen LogP contribution >= 0.6 is 0 Å². The summed E-state index contributed by atoms with van der Waals surface area (Å²) in [7, 11) is 1.63. The Bertz CT molecular complexity index is 449. The monoisotopic (exact) mass is 246 g/mol. The number of anilines is 1. The average molecular weight is 246 g/mol. The molecule has 4 nitrogen and oxygen atoms in total. The van der Waals surface area contributed by atoms with E-state index in [2.05, 4.69) is 11.4 Å². The molecule has 1 aromatic rings. The Balaban J connectivity index is 2.16. The van der Waals surface area contributed by atoms with Gasteiger partial charge in [-0.25, -0.2) is 0 Å². The van der Waals surface area contributed by atoms with Crippen molar-refractivity contribution in [3.63, 3.8) is 0 Å². The predicted octanol–water partition coefficient (Wildman–Crippen LogP) is 2.43. The second-order valence-corrected chi connectivity index (χ2v) is 4.73. The van der Waals surface area contributed by atoms with Gasteiger partial charge < -0.3 is 14.8 Å². The van der Waals surface area contributed by atoms with E-state index in [-0.39, 0.29) is 5.92 Å². The molecule has 1 saturated heterocycles. The van der Waals surface area contributed by atoms with Crippen molar-refractivity contribution in [1.82, 2.24) is 0 Å². The SMILES string of the molecule is COc1cccc(NC(C)(C#N)C2CCOC2)c1. The van der Waals surface area contributed by atoms with Gasteiger partial charge in [-0.15, -0.1) is 0 Å². The molecular weight excluding hydrogens is 228 g/mol. The largest absolute Gasteiger partial charge is 0.497 e. The van der Waals surface area contributed by atoms with Gasteiger partial charge in [0, 0.05) is 24.3 Å². The smallest absolute Gasteiger partial charge is 0.127 e. The first-order valence-corrected chi connectivity index (χ1v) is 6.09. The van der Waals surface area contributed by atoms with E-state index in [4.69, 9.17) is 9.47 Å². The molecule has 1 aliphatic rings. The Hall–Kier alpha value is -1.73. The van der Waals surface area contributed by atoms with Crippen LogP contribution in [-0.4, -0.2) is 25.9 Å². The summed E-state index contributed by atoms with van der Waals surface area (Å²) in [6.07, 6.45) is 0.918. The van der Waals surface area contributed by atoms with Gasteiger partial charge >= 0.3 is 0 Å². The number of hydrogen-bond acceptors (Lipinski definition) is 4. The summed E-state index contributed by atoms with van der Waals surface area (Å²) in [5, 5.41) is 12.7. The van der Waals surface area contributed by atoms with E-state index in [0.717, 1.165) is 24.5 Å². The fourth-order valence-corrected chi connectivity index (χ4v) is 2.21. The molecule has 1 heterocycles. The summed E-state index contributed by atoms with van der Waals surface area (Å²) in [6.45, 7) is 3.30. The summed E-state index contributed by atoms with van der Waals surface area (Å²) in [6, 6.07) is 10.00. The molecule has 0 aromatic heterocycles. The van der Waals surface area contributed by atoms with Crippen LogP contribution in [0.1, 0.15) is 13.3 Å². The maximum Gasteiger partial charge on any atom is 0.127 e. The van der Waals surface area contributed by atoms with Crippen LogP contribution in [0.15, 0.2) is 24.3 Å². The molecule has 0 saturated carbocycles. The van der Waals surface area contributed by atoms with Crippen molar-refractivity contribution in [2.45, 2.75) is 18.9 Å². The Labute approximate surface area is 108 Å². The maximum absolute atomic E-state index is 9.43. The molecule has 2 atom stereocenters. The van der Waals surface area contributed by atoms with Crippen LogP contribution in [0.4, 0.5) is 5.69 Å². The second kappa shape index (κ2) is 5.28. The van der Waals surface area contributed by atoms with Gasteiger partial charge in [-0.1, -0.05) is 6.07 Å². The number of nitriles is 1. The zero-order chi connectivity index (χ0) is 13.0. The molecule has 1 aromatic carbocycles. The van der Waals surface area contributed by atoms with Crippen molar-refractivity contribution in [1.29, 1.82) is 5.26 Å². The molecule has 1 N–H and O–H groups in total. The minimum absolute atomic E-state index is 0.216. The topological polar surface area (TPSA) is 54.3 Å². The van der Waals surface area contributed by atoms with Crippen molar-refractivity contribution in [3.8, 4) is 11.8 Å². The third kappa shape index (κ3) is 2.57. The summed E-state index contributed by atoms with van der Waals surface area (Å²) in [5.74, 6) is 0.997. The molecule has 0 aliphatic carbocycles. The van der Waals surface area contributed by atoms with Crippen LogP contribution < -0.4 is 10.1 Å². The van der Waals surface area contributed by atoms with Crippen LogP contribution in [-0.2, 0) is 4.74 Å². The number of nitrogens with zero attached hydrogens (tertiary/aromatic N) is 1. The van der Waals surface area contributed by atoms with Crippen molar-refractivity contribution in [3.05, 3.63) is 24.3 Å². The average Bonchev–Trinajstić information content (AvgIpc) is 2.93. The normalized spacial score (nSPS) is 21.9. The van der Waals surface area contributed by atoms with Gasteiger partial charge in [0.25, 0.3) is 0 Å². The zero-order valence-corrected chi connectivity index (χ0v) is 10.8. The van der Waals surface area contributed by atoms with Gasteiger partial charge in [0.05, 0.1) is 19.8 Å². The van der Waals surface area contributed by atoms with Crippen molar-refractivity contribution in [2.24, 2.45) is 5.92 Å². The standard InChI is InChI=1S/C14H18N2O2/c1-14(10-15,11-6-7-18-9-11)16-12-4-3-5-13(8-12)17-2/h3-5,8,11,16H,6-7,9H2,1-2H3. The third-order valence-corrected chi connectivity index (χ3v) is 3.45. The third-order valence-electron chi connectivity index (χ3n) is 3.45. The van der Waals surface area contributed by atoms with Crippen molar-refractivity contribution < 1.29 is 9.47 Å². The van der Waals surface area contributed by atoms with Crippen LogP contribution in [0.3, 0.4) is 0 Å². The fourth-order valence-electron chi connectivity index (χ4n) is 2.21.